The number of hydrogen-bond donors (Lipinski definition) is 2. The zero-order valence-corrected chi connectivity index (χ0v) is 10.9. The molecule has 0 saturated heterocycles. The maximum atomic E-state index is 10.7. The van der Waals surface area contributed by atoms with Crippen LogP contribution in [0.3, 0.4) is 0 Å². The Morgan fingerprint density at radius 2 is 1.75 bits per heavy atom. The molecule has 2 N–H and O–H groups in total. The molecule has 1 aliphatic carbocycles. The lowest BCUT2D eigenvalue weighted by molar-refractivity contribution is -0.139. The molecule has 3 heteroatoms. The van der Waals surface area contributed by atoms with Crippen molar-refractivity contribution >= 4 is 5.97 Å². The van der Waals surface area contributed by atoms with E-state index in [4.69, 9.17) is 5.11 Å². The molecule has 0 heterocycles. The first-order valence-electron chi connectivity index (χ1n) is 6.29. The quantitative estimate of drug-likeness (QED) is 0.779. The molecule has 16 heavy (non-hydrogen) atoms. The summed E-state index contributed by atoms with van der Waals surface area (Å²) >= 11 is 0. The second kappa shape index (κ2) is 5.17. The lowest BCUT2D eigenvalue weighted by Gasteiger charge is -2.37. The Balaban J connectivity index is 2.35. The van der Waals surface area contributed by atoms with Gasteiger partial charge in [-0.25, -0.2) is 0 Å². The van der Waals surface area contributed by atoms with Gasteiger partial charge in [0.25, 0.3) is 0 Å². The number of carboxylic acid groups (broad SMARTS) is 1. The molecule has 94 valence electrons. The maximum Gasteiger partial charge on any atom is 0.320 e. The van der Waals surface area contributed by atoms with Gasteiger partial charge in [0.15, 0.2) is 0 Å². The number of nitrogens with one attached hydrogen (secondary N) is 1. The zero-order valence-electron chi connectivity index (χ0n) is 10.9. The van der Waals surface area contributed by atoms with Gasteiger partial charge in [0.2, 0.25) is 0 Å². The van der Waals surface area contributed by atoms with Gasteiger partial charge in [0.1, 0.15) is 6.04 Å². The van der Waals surface area contributed by atoms with Gasteiger partial charge in [-0.1, -0.05) is 20.8 Å². The van der Waals surface area contributed by atoms with Gasteiger partial charge in [0.05, 0.1) is 0 Å². The first kappa shape index (κ1) is 13.5. The van der Waals surface area contributed by atoms with E-state index in [1.165, 1.54) is 12.8 Å². The van der Waals surface area contributed by atoms with Gasteiger partial charge >= 0.3 is 5.97 Å². The molecule has 1 saturated carbocycles. The van der Waals surface area contributed by atoms with Crippen LogP contribution in [0, 0.1) is 11.3 Å². The van der Waals surface area contributed by atoms with Crippen molar-refractivity contribution in [3.63, 3.8) is 0 Å². The van der Waals surface area contributed by atoms with E-state index in [9.17, 15) is 4.79 Å². The minimum Gasteiger partial charge on any atom is -0.480 e. The van der Waals surface area contributed by atoms with Crippen LogP contribution in [0.5, 0.6) is 0 Å². The Bertz CT molecular complexity index is 237. The maximum absolute atomic E-state index is 10.7. The van der Waals surface area contributed by atoms with Crippen LogP contribution in [0.4, 0.5) is 0 Å². The van der Waals surface area contributed by atoms with Gasteiger partial charge in [-0.05, 0) is 43.9 Å². The minimum atomic E-state index is -0.752. The highest BCUT2D eigenvalue weighted by atomic mass is 16.4. The number of carbonyl (C=O) groups is 1. The highest BCUT2D eigenvalue weighted by Crippen LogP contribution is 2.37. The third kappa shape index (κ3) is 3.78. The normalized spacial score (nSPS) is 28.8. The summed E-state index contributed by atoms with van der Waals surface area (Å²) in [5, 5.41) is 12.0. The molecular formula is C13H25NO2. The standard InChI is InChI=1S/C13H25NO2/c1-9(12(15)16)14-11-7-5-10(6-8-11)13(2,3)4/h9-11,14H,5-8H2,1-4H3,(H,15,16)/t9-,10?,11?/m1/s1. The van der Waals surface area contributed by atoms with Gasteiger partial charge in [-0.3, -0.25) is 4.79 Å². The summed E-state index contributed by atoms with van der Waals surface area (Å²) in [4.78, 5) is 10.7. The molecule has 1 fully saturated rings. The summed E-state index contributed by atoms with van der Waals surface area (Å²) in [5.74, 6) is 0.0311. The predicted molar refractivity (Wildman–Crippen MR) is 65.4 cm³/mol. The van der Waals surface area contributed by atoms with Crippen LogP contribution in [0.2, 0.25) is 0 Å². The molecule has 1 atom stereocenters. The molecular weight excluding hydrogens is 202 g/mol. The molecule has 0 aromatic rings. The minimum absolute atomic E-state index is 0.392. The average molecular weight is 227 g/mol. The molecule has 1 rings (SSSR count). The third-order valence-corrected chi connectivity index (χ3v) is 3.81. The fourth-order valence-electron chi connectivity index (χ4n) is 2.55. The number of carboxylic acids is 1. The lowest BCUT2D eigenvalue weighted by Crippen LogP contribution is -2.44. The first-order chi connectivity index (χ1) is 7.30. The van der Waals surface area contributed by atoms with E-state index in [1.54, 1.807) is 6.92 Å². The van der Waals surface area contributed by atoms with Crippen LogP contribution >= 0.6 is 0 Å². The van der Waals surface area contributed by atoms with Crippen molar-refractivity contribution < 1.29 is 9.90 Å². The molecule has 0 aliphatic heterocycles. The van der Waals surface area contributed by atoms with Gasteiger partial charge in [-0.2, -0.15) is 0 Å². The smallest absolute Gasteiger partial charge is 0.320 e. The van der Waals surface area contributed by atoms with Crippen molar-refractivity contribution in [1.82, 2.24) is 5.32 Å². The van der Waals surface area contributed by atoms with Crippen LogP contribution in [0.15, 0.2) is 0 Å². The number of aliphatic carboxylic acids is 1. The van der Waals surface area contributed by atoms with Gasteiger partial charge < -0.3 is 10.4 Å². The Hall–Kier alpha value is -0.570. The molecule has 3 nitrogen and oxygen atoms in total. The van der Waals surface area contributed by atoms with E-state index in [0.29, 0.717) is 11.5 Å². The number of rotatable bonds is 3. The third-order valence-electron chi connectivity index (χ3n) is 3.81. The van der Waals surface area contributed by atoms with Crippen molar-refractivity contribution in [2.45, 2.75) is 65.5 Å². The summed E-state index contributed by atoms with van der Waals surface area (Å²) in [6.45, 7) is 8.61. The summed E-state index contributed by atoms with van der Waals surface area (Å²) in [6, 6.07) is -0.0270. The molecule has 0 aromatic heterocycles. The van der Waals surface area contributed by atoms with Gasteiger partial charge in [-0.15, -0.1) is 0 Å². The molecule has 0 radical (unpaired) electrons. The second-order valence-electron chi connectivity index (χ2n) is 6.14. The summed E-state index contributed by atoms with van der Waals surface area (Å²) in [7, 11) is 0. The zero-order chi connectivity index (χ0) is 12.3. The van der Waals surface area contributed by atoms with E-state index < -0.39 is 12.0 Å². The Labute approximate surface area is 98.6 Å². The van der Waals surface area contributed by atoms with Crippen LogP contribution in [0.1, 0.15) is 53.4 Å². The summed E-state index contributed by atoms with van der Waals surface area (Å²) < 4.78 is 0. The fourth-order valence-corrected chi connectivity index (χ4v) is 2.55. The van der Waals surface area contributed by atoms with Crippen molar-refractivity contribution in [3.8, 4) is 0 Å². The summed E-state index contributed by atoms with van der Waals surface area (Å²) in [6.07, 6.45) is 4.65. The van der Waals surface area contributed by atoms with E-state index in [0.717, 1.165) is 18.8 Å². The summed E-state index contributed by atoms with van der Waals surface area (Å²) in [5.41, 5.74) is 0.392. The molecule has 1 aliphatic rings. The molecule has 0 unspecified atom stereocenters. The van der Waals surface area contributed by atoms with Crippen molar-refractivity contribution in [3.05, 3.63) is 0 Å². The first-order valence-corrected chi connectivity index (χ1v) is 6.29. The largest absolute Gasteiger partial charge is 0.480 e. The van der Waals surface area contributed by atoms with E-state index in [-0.39, 0.29) is 0 Å². The Morgan fingerprint density at radius 3 is 2.12 bits per heavy atom. The molecule has 0 amide bonds. The number of hydrogen-bond acceptors (Lipinski definition) is 2. The van der Waals surface area contributed by atoms with Crippen molar-refractivity contribution in [2.75, 3.05) is 0 Å². The highest BCUT2D eigenvalue weighted by Gasteiger charge is 2.30. The SMILES string of the molecule is C[C@@H](NC1CCC(C(C)(C)C)CC1)C(=O)O. The van der Waals surface area contributed by atoms with Crippen LogP contribution in [-0.2, 0) is 4.79 Å². The van der Waals surface area contributed by atoms with E-state index in [1.807, 2.05) is 0 Å². The van der Waals surface area contributed by atoms with E-state index in [2.05, 4.69) is 26.1 Å². The van der Waals surface area contributed by atoms with Crippen LogP contribution in [-0.4, -0.2) is 23.2 Å². The average Bonchev–Trinajstić information content (AvgIpc) is 2.17. The fraction of sp³-hybridized carbons (Fsp3) is 0.923. The molecule has 0 bridgehead atoms. The second-order valence-corrected chi connectivity index (χ2v) is 6.14. The Kier molecular flexibility index (Phi) is 4.36. The lowest BCUT2D eigenvalue weighted by atomic mass is 9.71. The van der Waals surface area contributed by atoms with Crippen molar-refractivity contribution in [1.29, 1.82) is 0 Å². The van der Waals surface area contributed by atoms with Crippen molar-refractivity contribution in [2.24, 2.45) is 11.3 Å². The van der Waals surface area contributed by atoms with Crippen LogP contribution < -0.4 is 5.32 Å². The topological polar surface area (TPSA) is 49.3 Å². The van der Waals surface area contributed by atoms with E-state index >= 15 is 0 Å². The monoisotopic (exact) mass is 227 g/mol. The van der Waals surface area contributed by atoms with Gasteiger partial charge in [0, 0.05) is 6.04 Å². The Morgan fingerprint density at radius 1 is 1.25 bits per heavy atom. The highest BCUT2D eigenvalue weighted by molar-refractivity contribution is 5.72. The molecule has 0 aromatic carbocycles. The molecule has 0 spiro atoms. The van der Waals surface area contributed by atoms with Crippen LogP contribution in [0.25, 0.3) is 0 Å². The predicted octanol–water partition coefficient (Wildman–Crippen LogP) is 2.65.